The molecule has 1 aliphatic rings. The van der Waals surface area contributed by atoms with E-state index in [0.29, 0.717) is 16.0 Å². The molecule has 1 aromatic carbocycles. The van der Waals surface area contributed by atoms with Gasteiger partial charge in [-0.05, 0) is 49.3 Å². The Morgan fingerprint density at radius 3 is 2.61 bits per heavy atom. The molecule has 98 valence electrons. The van der Waals surface area contributed by atoms with Crippen LogP contribution in [0.2, 0.25) is 10.0 Å². The van der Waals surface area contributed by atoms with Gasteiger partial charge in [0.15, 0.2) is 0 Å². The van der Waals surface area contributed by atoms with Gasteiger partial charge in [0.2, 0.25) is 0 Å². The predicted octanol–water partition coefficient (Wildman–Crippen LogP) is 5.02. The zero-order chi connectivity index (χ0) is 13.3. The summed E-state index contributed by atoms with van der Waals surface area (Å²) in [5.74, 6) is 0.795. The van der Waals surface area contributed by atoms with Crippen molar-refractivity contribution in [3.05, 3.63) is 45.5 Å². The van der Waals surface area contributed by atoms with Crippen LogP contribution < -0.4 is 0 Å². The summed E-state index contributed by atoms with van der Waals surface area (Å²) in [6.45, 7) is 4.32. The van der Waals surface area contributed by atoms with Gasteiger partial charge in [-0.3, -0.25) is 0 Å². The number of hydrogen-bond donors (Lipinski definition) is 1. The molecule has 1 aliphatic carbocycles. The standard InChI is InChI=1S/C15H18Cl2O/c1-9-5-10(2)7-12(6-9)15(18)11-3-4-13(16)14(17)8-11/h3-5,8-9,12,15,18H,6-7H2,1-2H3. The average molecular weight is 285 g/mol. The molecule has 0 bridgehead atoms. The van der Waals surface area contributed by atoms with Crippen LogP contribution in [0.4, 0.5) is 0 Å². The maximum atomic E-state index is 10.5. The number of halogens is 2. The molecule has 0 aromatic heterocycles. The van der Waals surface area contributed by atoms with E-state index < -0.39 is 6.10 Å². The number of benzene rings is 1. The molecule has 18 heavy (non-hydrogen) atoms. The number of rotatable bonds is 2. The summed E-state index contributed by atoms with van der Waals surface area (Å²) in [7, 11) is 0. The van der Waals surface area contributed by atoms with Gasteiger partial charge < -0.3 is 5.11 Å². The summed E-state index contributed by atoms with van der Waals surface area (Å²) in [5, 5.41) is 11.5. The van der Waals surface area contributed by atoms with Crippen molar-refractivity contribution in [2.24, 2.45) is 11.8 Å². The van der Waals surface area contributed by atoms with Crippen molar-refractivity contribution < 1.29 is 5.11 Å². The Kier molecular flexibility index (Phi) is 4.37. The minimum absolute atomic E-state index is 0.266. The third-order valence-corrected chi connectivity index (χ3v) is 4.30. The maximum Gasteiger partial charge on any atom is 0.0822 e. The molecular formula is C15H18Cl2O. The van der Waals surface area contributed by atoms with Crippen molar-refractivity contribution in [1.29, 1.82) is 0 Å². The molecule has 0 saturated heterocycles. The summed E-state index contributed by atoms with van der Waals surface area (Å²) in [4.78, 5) is 0. The fourth-order valence-corrected chi connectivity index (χ4v) is 3.11. The fourth-order valence-electron chi connectivity index (χ4n) is 2.81. The first-order valence-corrected chi connectivity index (χ1v) is 7.03. The summed E-state index contributed by atoms with van der Waals surface area (Å²) in [5.41, 5.74) is 2.22. The third kappa shape index (κ3) is 3.09. The van der Waals surface area contributed by atoms with Gasteiger partial charge in [0.25, 0.3) is 0 Å². The Hall–Kier alpha value is -0.500. The molecule has 0 heterocycles. The highest BCUT2D eigenvalue weighted by molar-refractivity contribution is 6.42. The van der Waals surface area contributed by atoms with Gasteiger partial charge in [-0.1, -0.05) is 47.8 Å². The van der Waals surface area contributed by atoms with Crippen molar-refractivity contribution in [1.82, 2.24) is 0 Å². The first-order chi connectivity index (χ1) is 8.47. The van der Waals surface area contributed by atoms with Crippen molar-refractivity contribution in [3.8, 4) is 0 Å². The highest BCUT2D eigenvalue weighted by atomic mass is 35.5. The van der Waals surface area contributed by atoms with Crippen LogP contribution in [0.25, 0.3) is 0 Å². The molecule has 1 nitrogen and oxygen atoms in total. The lowest BCUT2D eigenvalue weighted by Gasteiger charge is -2.29. The Morgan fingerprint density at radius 1 is 1.28 bits per heavy atom. The van der Waals surface area contributed by atoms with E-state index in [1.54, 1.807) is 12.1 Å². The van der Waals surface area contributed by atoms with E-state index in [9.17, 15) is 5.11 Å². The lowest BCUT2D eigenvalue weighted by molar-refractivity contribution is 0.0932. The van der Waals surface area contributed by atoms with E-state index in [4.69, 9.17) is 23.2 Å². The molecule has 0 aliphatic heterocycles. The van der Waals surface area contributed by atoms with Gasteiger partial charge in [-0.2, -0.15) is 0 Å². The smallest absolute Gasteiger partial charge is 0.0822 e. The normalized spacial score (nSPS) is 25.7. The van der Waals surface area contributed by atoms with Crippen LogP contribution >= 0.6 is 23.2 Å². The third-order valence-electron chi connectivity index (χ3n) is 3.56. The summed E-state index contributed by atoms with van der Waals surface area (Å²) in [6.07, 6.45) is 3.79. The van der Waals surface area contributed by atoms with E-state index in [2.05, 4.69) is 19.9 Å². The highest BCUT2D eigenvalue weighted by Gasteiger charge is 2.26. The van der Waals surface area contributed by atoms with E-state index in [-0.39, 0.29) is 5.92 Å². The van der Waals surface area contributed by atoms with Gasteiger partial charge in [0, 0.05) is 0 Å². The van der Waals surface area contributed by atoms with Gasteiger partial charge in [0.05, 0.1) is 16.1 Å². The molecule has 0 radical (unpaired) electrons. The van der Waals surface area contributed by atoms with Crippen molar-refractivity contribution in [2.75, 3.05) is 0 Å². The minimum atomic E-state index is -0.467. The van der Waals surface area contributed by atoms with Gasteiger partial charge in [-0.15, -0.1) is 0 Å². The number of aliphatic hydroxyl groups excluding tert-OH is 1. The van der Waals surface area contributed by atoms with Crippen LogP contribution in [0.3, 0.4) is 0 Å². The second kappa shape index (κ2) is 5.64. The number of aliphatic hydroxyl groups is 1. The van der Waals surface area contributed by atoms with E-state index >= 15 is 0 Å². The van der Waals surface area contributed by atoms with Crippen molar-refractivity contribution in [3.63, 3.8) is 0 Å². The Morgan fingerprint density at radius 2 is 2.00 bits per heavy atom. The van der Waals surface area contributed by atoms with Gasteiger partial charge in [0.1, 0.15) is 0 Å². The van der Waals surface area contributed by atoms with Crippen LogP contribution in [0.1, 0.15) is 38.4 Å². The monoisotopic (exact) mass is 284 g/mol. The average Bonchev–Trinajstić information content (AvgIpc) is 2.30. The van der Waals surface area contributed by atoms with E-state index in [1.807, 2.05) is 6.07 Å². The van der Waals surface area contributed by atoms with Crippen molar-refractivity contribution in [2.45, 2.75) is 32.8 Å². The van der Waals surface area contributed by atoms with Crippen LogP contribution in [0.15, 0.2) is 29.8 Å². The number of hydrogen-bond acceptors (Lipinski definition) is 1. The molecule has 0 amide bonds. The topological polar surface area (TPSA) is 20.2 Å². The lowest BCUT2D eigenvalue weighted by atomic mass is 9.79. The first kappa shape index (κ1) is 13.9. The van der Waals surface area contributed by atoms with Crippen molar-refractivity contribution >= 4 is 23.2 Å². The molecule has 0 fully saturated rings. The molecule has 3 atom stereocenters. The second-order valence-corrected chi connectivity index (χ2v) is 6.12. The van der Waals surface area contributed by atoms with Crippen LogP contribution in [-0.4, -0.2) is 5.11 Å². The zero-order valence-corrected chi connectivity index (χ0v) is 12.2. The summed E-state index contributed by atoms with van der Waals surface area (Å²) in [6, 6.07) is 5.38. The largest absolute Gasteiger partial charge is 0.388 e. The highest BCUT2D eigenvalue weighted by Crippen LogP contribution is 2.37. The Labute approximate surface area is 118 Å². The second-order valence-electron chi connectivity index (χ2n) is 5.31. The first-order valence-electron chi connectivity index (χ1n) is 6.27. The summed E-state index contributed by atoms with van der Waals surface area (Å²) < 4.78 is 0. The van der Waals surface area contributed by atoms with E-state index in [0.717, 1.165) is 18.4 Å². The molecule has 1 aromatic rings. The van der Waals surface area contributed by atoms with Crippen LogP contribution in [0, 0.1) is 11.8 Å². The molecule has 0 spiro atoms. The minimum Gasteiger partial charge on any atom is -0.388 e. The molecule has 3 heteroatoms. The quantitative estimate of drug-likeness (QED) is 0.756. The molecule has 0 saturated carbocycles. The van der Waals surface area contributed by atoms with Gasteiger partial charge in [-0.25, -0.2) is 0 Å². The Bertz CT molecular complexity index is 468. The number of allylic oxidation sites excluding steroid dienone is 2. The molecule has 1 N–H and O–H groups in total. The predicted molar refractivity (Wildman–Crippen MR) is 77.1 cm³/mol. The lowest BCUT2D eigenvalue weighted by Crippen LogP contribution is -2.19. The van der Waals surface area contributed by atoms with Crippen LogP contribution in [0.5, 0.6) is 0 Å². The van der Waals surface area contributed by atoms with Crippen LogP contribution in [-0.2, 0) is 0 Å². The SMILES string of the molecule is CC1=CC(C)CC(C(O)c2ccc(Cl)c(Cl)c2)C1. The van der Waals surface area contributed by atoms with Gasteiger partial charge >= 0.3 is 0 Å². The molecular weight excluding hydrogens is 267 g/mol. The summed E-state index contributed by atoms with van der Waals surface area (Å²) >= 11 is 11.9. The maximum absolute atomic E-state index is 10.5. The zero-order valence-electron chi connectivity index (χ0n) is 10.7. The fraction of sp³-hybridized carbons (Fsp3) is 0.467. The van der Waals surface area contributed by atoms with E-state index in [1.165, 1.54) is 5.57 Å². The Balaban J connectivity index is 2.18. The molecule has 3 unspecified atom stereocenters. The molecule has 2 rings (SSSR count).